The summed E-state index contributed by atoms with van der Waals surface area (Å²) in [4.78, 5) is 5.41. The van der Waals surface area contributed by atoms with Crippen molar-refractivity contribution in [3.05, 3.63) is 250 Å². The summed E-state index contributed by atoms with van der Waals surface area (Å²) in [5.74, 6) is 0. The van der Waals surface area contributed by atoms with Crippen molar-refractivity contribution in [3.63, 3.8) is 0 Å². The van der Waals surface area contributed by atoms with E-state index in [0.29, 0.717) is 0 Å². The van der Waals surface area contributed by atoms with Gasteiger partial charge in [0.1, 0.15) is 0 Å². The molecule has 4 heteroatoms. The van der Waals surface area contributed by atoms with Crippen LogP contribution in [0.5, 0.6) is 0 Å². The van der Waals surface area contributed by atoms with Crippen LogP contribution in [0.3, 0.4) is 0 Å². The van der Waals surface area contributed by atoms with Gasteiger partial charge >= 0.3 is 0 Å². The fraction of sp³-hybridized carbons (Fsp3) is 0.222. The third-order valence-electron chi connectivity index (χ3n) is 12.2. The first-order chi connectivity index (χ1) is 28.4. The largest absolute Gasteiger partial charge is 0.289 e. The van der Waals surface area contributed by atoms with Gasteiger partial charge in [0, 0.05) is 13.1 Å². The van der Waals surface area contributed by atoms with Crippen LogP contribution in [0, 0.1) is 0 Å². The molecular formula is C54H54N4. The Morgan fingerprint density at radius 1 is 0.379 bits per heavy atom. The molecule has 2 aliphatic heterocycles. The molecule has 2 heterocycles. The highest BCUT2D eigenvalue weighted by Gasteiger charge is 2.46. The van der Waals surface area contributed by atoms with Gasteiger partial charge in [-0.3, -0.25) is 20.4 Å². The lowest BCUT2D eigenvalue weighted by molar-refractivity contribution is 0.171. The topological polar surface area (TPSA) is 30.5 Å². The van der Waals surface area contributed by atoms with Crippen LogP contribution in [0.25, 0.3) is 0 Å². The monoisotopic (exact) mass is 758 g/mol. The zero-order valence-electron chi connectivity index (χ0n) is 33.8. The van der Waals surface area contributed by atoms with Crippen molar-refractivity contribution in [1.29, 1.82) is 0 Å². The Morgan fingerprint density at radius 3 is 1.02 bits per heavy atom. The normalized spacial score (nSPS) is 22.6. The zero-order valence-corrected chi connectivity index (χ0v) is 33.8. The van der Waals surface area contributed by atoms with Crippen molar-refractivity contribution in [2.24, 2.45) is 0 Å². The fourth-order valence-corrected chi connectivity index (χ4v) is 9.33. The van der Waals surface area contributed by atoms with Crippen molar-refractivity contribution in [2.45, 2.75) is 75.8 Å². The highest BCUT2D eigenvalue weighted by molar-refractivity contribution is 5.42. The number of hydrogen-bond acceptors (Lipinski definition) is 4. The van der Waals surface area contributed by atoms with E-state index in [1.54, 1.807) is 0 Å². The SMILES string of the molecule is CC(C)(C)c1cc(C2N[C@H](c3ccccc3)[C@@H](c3ccccc3)N2Cc2ccccc2)cc(C2N[C@@H](c3ccccc3)[C@H](c3ccccc3)N2Cc2ccccc2)c1. The molecular weight excluding hydrogens is 705 g/mol. The Hall–Kier alpha value is -5.62. The van der Waals surface area contributed by atoms with Gasteiger partial charge in [-0.2, -0.15) is 0 Å². The Morgan fingerprint density at radius 2 is 0.690 bits per heavy atom. The van der Waals surface area contributed by atoms with Crippen LogP contribution in [0.1, 0.15) is 107 Å². The first kappa shape index (κ1) is 37.9. The lowest BCUT2D eigenvalue weighted by Crippen LogP contribution is -2.31. The van der Waals surface area contributed by atoms with Crippen LogP contribution in [-0.2, 0) is 18.5 Å². The molecule has 0 spiro atoms. The second-order valence-electron chi connectivity index (χ2n) is 17.1. The number of nitrogens with one attached hydrogen (secondary N) is 2. The first-order valence-corrected chi connectivity index (χ1v) is 20.9. The van der Waals surface area contributed by atoms with Gasteiger partial charge in [0.15, 0.2) is 0 Å². The van der Waals surface area contributed by atoms with Crippen LogP contribution in [0.4, 0.5) is 0 Å². The van der Waals surface area contributed by atoms with E-state index in [9.17, 15) is 0 Å². The molecule has 2 fully saturated rings. The Balaban J connectivity index is 1.21. The van der Waals surface area contributed by atoms with Gasteiger partial charge in [0.05, 0.1) is 36.5 Å². The lowest BCUT2D eigenvalue weighted by atomic mass is 9.84. The molecule has 2 unspecified atom stereocenters. The summed E-state index contributed by atoms with van der Waals surface area (Å²) in [7, 11) is 0. The summed E-state index contributed by atoms with van der Waals surface area (Å²) in [6.45, 7) is 8.67. The molecule has 4 nitrogen and oxygen atoms in total. The second kappa shape index (κ2) is 16.7. The van der Waals surface area contributed by atoms with Gasteiger partial charge in [-0.15, -0.1) is 0 Å². The van der Waals surface area contributed by atoms with E-state index in [0.717, 1.165) is 13.1 Å². The van der Waals surface area contributed by atoms with E-state index in [4.69, 9.17) is 0 Å². The average Bonchev–Trinajstić information content (AvgIpc) is 3.84. The minimum atomic E-state index is -0.0776. The molecule has 2 aliphatic rings. The molecule has 58 heavy (non-hydrogen) atoms. The van der Waals surface area contributed by atoms with Gasteiger partial charge in [0.2, 0.25) is 0 Å². The van der Waals surface area contributed by atoms with Crippen LogP contribution < -0.4 is 10.6 Å². The molecule has 6 atom stereocenters. The summed E-state index contributed by atoms with van der Waals surface area (Å²) in [5.41, 5.74) is 11.7. The molecule has 290 valence electrons. The average molecular weight is 759 g/mol. The molecule has 0 saturated carbocycles. The summed E-state index contributed by atoms with van der Waals surface area (Å²) in [6.07, 6.45) is -0.0917. The summed E-state index contributed by atoms with van der Waals surface area (Å²) in [6, 6.07) is 74.1. The number of hydrogen-bond donors (Lipinski definition) is 2. The Kier molecular flexibility index (Phi) is 10.9. The number of benzene rings is 7. The molecule has 0 amide bonds. The number of rotatable bonds is 10. The van der Waals surface area contributed by atoms with Crippen LogP contribution >= 0.6 is 0 Å². The van der Waals surface area contributed by atoms with Gasteiger partial charge in [0.25, 0.3) is 0 Å². The standard InChI is InChI=1S/C54H54N4/c1-54(2,3)47-35-45(52-55-48(41-26-14-6-15-27-41)50(43-30-18-8-19-31-43)57(52)37-39-22-10-4-11-23-39)34-46(36-47)53-56-49(42-28-16-7-17-29-42)51(44-32-20-9-21-33-44)58(53)38-40-24-12-5-13-25-40/h4-36,48-53,55-56H,37-38H2,1-3H3/t48-,49+,50-,51+,52?,53?. The molecule has 7 aromatic carbocycles. The van der Waals surface area contributed by atoms with Gasteiger partial charge in [-0.1, -0.05) is 215 Å². The minimum absolute atomic E-state index is 0.0458. The Bertz CT molecular complexity index is 2200. The van der Waals surface area contributed by atoms with Crippen molar-refractivity contribution >= 4 is 0 Å². The first-order valence-electron chi connectivity index (χ1n) is 20.9. The molecule has 0 bridgehead atoms. The lowest BCUT2D eigenvalue weighted by Gasteiger charge is -2.34. The molecule has 9 rings (SSSR count). The van der Waals surface area contributed by atoms with Crippen molar-refractivity contribution in [2.75, 3.05) is 0 Å². The number of nitrogens with zero attached hydrogens (tertiary/aromatic N) is 2. The van der Waals surface area contributed by atoms with Crippen molar-refractivity contribution in [3.8, 4) is 0 Å². The molecule has 2 saturated heterocycles. The van der Waals surface area contributed by atoms with Crippen LogP contribution in [0.15, 0.2) is 200 Å². The maximum Gasteiger partial charge on any atom is 0.0875 e. The molecule has 2 N–H and O–H groups in total. The van der Waals surface area contributed by atoms with E-state index >= 15 is 0 Å². The fourth-order valence-electron chi connectivity index (χ4n) is 9.33. The predicted octanol–water partition coefficient (Wildman–Crippen LogP) is 12.2. The quantitative estimate of drug-likeness (QED) is 0.145. The van der Waals surface area contributed by atoms with E-state index in [-0.39, 0.29) is 41.9 Å². The van der Waals surface area contributed by atoms with Gasteiger partial charge < -0.3 is 0 Å². The van der Waals surface area contributed by atoms with Gasteiger partial charge in [-0.05, 0) is 61.6 Å². The molecule has 0 aliphatic carbocycles. The Labute approximate surface area is 345 Å². The van der Waals surface area contributed by atoms with E-state index < -0.39 is 0 Å². The third kappa shape index (κ3) is 7.94. The zero-order chi connectivity index (χ0) is 39.5. The van der Waals surface area contributed by atoms with Crippen LogP contribution in [0.2, 0.25) is 0 Å². The summed E-state index contributed by atoms with van der Waals surface area (Å²) < 4.78 is 0. The molecule has 0 aromatic heterocycles. The highest BCUT2D eigenvalue weighted by Crippen LogP contribution is 2.50. The molecule has 7 aromatic rings. The summed E-state index contributed by atoms with van der Waals surface area (Å²) >= 11 is 0. The van der Waals surface area contributed by atoms with E-state index in [2.05, 4.69) is 241 Å². The van der Waals surface area contributed by atoms with Crippen LogP contribution in [-0.4, -0.2) is 9.80 Å². The van der Waals surface area contributed by atoms with Crippen molar-refractivity contribution in [1.82, 2.24) is 20.4 Å². The second-order valence-corrected chi connectivity index (χ2v) is 17.1. The predicted molar refractivity (Wildman–Crippen MR) is 238 cm³/mol. The maximum atomic E-state index is 4.25. The van der Waals surface area contributed by atoms with E-state index in [1.807, 2.05) is 0 Å². The molecule has 0 radical (unpaired) electrons. The summed E-state index contributed by atoms with van der Waals surface area (Å²) in [5, 5.41) is 8.50. The van der Waals surface area contributed by atoms with Gasteiger partial charge in [-0.25, -0.2) is 0 Å². The smallest absolute Gasteiger partial charge is 0.0875 e. The minimum Gasteiger partial charge on any atom is -0.289 e. The van der Waals surface area contributed by atoms with E-state index in [1.165, 1.54) is 50.1 Å². The van der Waals surface area contributed by atoms with Crippen molar-refractivity contribution < 1.29 is 0 Å². The maximum absolute atomic E-state index is 4.25. The highest BCUT2D eigenvalue weighted by atomic mass is 15.4. The third-order valence-corrected chi connectivity index (χ3v) is 12.2.